The Hall–Kier alpha value is -0.660. The fraction of sp³-hybridized carbons (Fsp3) is 0.667. The van der Waals surface area contributed by atoms with Gasteiger partial charge in [0.2, 0.25) is 0 Å². The van der Waals surface area contributed by atoms with Crippen LogP contribution in [0.15, 0.2) is 4.99 Å². The van der Waals surface area contributed by atoms with Gasteiger partial charge in [0, 0.05) is 13.5 Å². The third-order valence-corrected chi connectivity index (χ3v) is 1.06. The van der Waals surface area contributed by atoms with E-state index in [-0.39, 0.29) is 5.78 Å². The molecule has 0 unspecified atom stereocenters. The van der Waals surface area contributed by atoms with E-state index in [9.17, 15) is 4.79 Å². The summed E-state index contributed by atoms with van der Waals surface area (Å²) in [5.74, 6) is 0.132. The lowest BCUT2D eigenvalue weighted by Gasteiger charge is -1.89. The Kier molecular flexibility index (Phi) is 3.08. The van der Waals surface area contributed by atoms with E-state index in [2.05, 4.69) is 4.99 Å². The van der Waals surface area contributed by atoms with Crippen molar-refractivity contribution >= 4 is 11.5 Å². The fourth-order valence-corrected chi connectivity index (χ4v) is 0.381. The van der Waals surface area contributed by atoms with Crippen LogP contribution in [0.4, 0.5) is 0 Å². The molecule has 0 saturated carbocycles. The first-order valence-electron chi connectivity index (χ1n) is 2.69. The molecule has 0 N–H and O–H groups in total. The monoisotopic (exact) mass is 113 g/mol. The van der Waals surface area contributed by atoms with Gasteiger partial charge in [-0.15, -0.1) is 0 Å². The molecule has 0 saturated heterocycles. The molecule has 0 bridgehead atoms. The Morgan fingerprint density at radius 3 is 2.25 bits per heavy atom. The number of nitrogens with zero attached hydrogens (tertiary/aromatic N) is 1. The first kappa shape index (κ1) is 7.34. The molecule has 46 valence electrons. The van der Waals surface area contributed by atoms with Crippen LogP contribution in [-0.2, 0) is 4.79 Å². The Balaban J connectivity index is 3.83. The van der Waals surface area contributed by atoms with Gasteiger partial charge in [0.1, 0.15) is 0 Å². The highest BCUT2D eigenvalue weighted by Gasteiger charge is 1.98. The maximum absolute atomic E-state index is 10.6. The lowest BCUT2D eigenvalue weighted by Crippen LogP contribution is -2.07. The molecule has 0 aromatic carbocycles. The molecule has 0 spiro atoms. The number of hydrogen-bond donors (Lipinski definition) is 0. The largest absolute Gasteiger partial charge is 0.293 e. The van der Waals surface area contributed by atoms with Gasteiger partial charge in [-0.25, -0.2) is 0 Å². The molecule has 0 fully saturated rings. The highest BCUT2D eigenvalue weighted by molar-refractivity contribution is 6.38. The summed E-state index contributed by atoms with van der Waals surface area (Å²) < 4.78 is 0. The van der Waals surface area contributed by atoms with Crippen molar-refractivity contribution in [3.8, 4) is 0 Å². The number of Topliss-reactive ketones (excluding diaryl/α,β-unsaturated/α-hetero) is 1. The van der Waals surface area contributed by atoms with Crippen molar-refractivity contribution in [3.63, 3.8) is 0 Å². The summed E-state index contributed by atoms with van der Waals surface area (Å²) in [6, 6.07) is 0. The summed E-state index contributed by atoms with van der Waals surface area (Å²) in [4.78, 5) is 14.3. The second kappa shape index (κ2) is 3.36. The van der Waals surface area contributed by atoms with Crippen molar-refractivity contribution in [1.29, 1.82) is 0 Å². The van der Waals surface area contributed by atoms with E-state index >= 15 is 0 Å². The van der Waals surface area contributed by atoms with E-state index in [1.165, 1.54) is 0 Å². The fourth-order valence-electron chi connectivity index (χ4n) is 0.381. The highest BCUT2D eigenvalue weighted by Crippen LogP contribution is 1.83. The molecule has 0 rings (SSSR count). The second-order valence-corrected chi connectivity index (χ2v) is 1.59. The predicted octanol–water partition coefficient (Wildman–Crippen LogP) is 1.06. The molecule has 0 heterocycles. The zero-order valence-corrected chi connectivity index (χ0v) is 5.56. The quantitative estimate of drug-likeness (QED) is 0.492. The van der Waals surface area contributed by atoms with Gasteiger partial charge in [-0.05, 0) is 6.92 Å². The number of rotatable bonds is 2. The minimum atomic E-state index is 0.132. The Morgan fingerprint density at radius 2 is 2.12 bits per heavy atom. The molecule has 8 heavy (non-hydrogen) atoms. The van der Waals surface area contributed by atoms with Crippen LogP contribution < -0.4 is 0 Å². The maximum Gasteiger partial charge on any atom is 0.175 e. The van der Waals surface area contributed by atoms with E-state index in [1.807, 2.05) is 6.92 Å². The van der Waals surface area contributed by atoms with Gasteiger partial charge >= 0.3 is 0 Å². The van der Waals surface area contributed by atoms with Crippen molar-refractivity contribution in [3.05, 3.63) is 0 Å². The van der Waals surface area contributed by atoms with Crippen LogP contribution in [0.25, 0.3) is 0 Å². The molecule has 0 aromatic rings. The van der Waals surface area contributed by atoms with Gasteiger partial charge in [0.15, 0.2) is 5.78 Å². The van der Waals surface area contributed by atoms with Crippen LogP contribution in [0, 0.1) is 0 Å². The summed E-state index contributed by atoms with van der Waals surface area (Å²) >= 11 is 0. The van der Waals surface area contributed by atoms with Crippen LogP contribution in [-0.4, -0.2) is 18.5 Å². The molecule has 2 heteroatoms. The third kappa shape index (κ3) is 1.87. The standard InChI is InChI=1S/C6H11NO/c1-4-6(8)5(2)7-3/h4H2,1-3H3/b7-5-. The Bertz CT molecular complexity index is 116. The normalized spacial score (nSPS) is 11.6. The van der Waals surface area contributed by atoms with Gasteiger partial charge in [-0.1, -0.05) is 6.92 Å². The maximum atomic E-state index is 10.6. The zero-order valence-electron chi connectivity index (χ0n) is 5.56. The number of carbonyl (C=O) groups excluding carboxylic acids is 1. The third-order valence-electron chi connectivity index (χ3n) is 1.06. The molecule has 0 aliphatic carbocycles. The van der Waals surface area contributed by atoms with E-state index in [0.717, 1.165) is 0 Å². The van der Waals surface area contributed by atoms with Crippen molar-refractivity contribution in [2.45, 2.75) is 20.3 Å². The lowest BCUT2D eigenvalue weighted by atomic mass is 10.2. The molecule has 0 aromatic heterocycles. The molecule has 0 amide bonds. The van der Waals surface area contributed by atoms with Crippen LogP contribution in [0.2, 0.25) is 0 Å². The van der Waals surface area contributed by atoms with E-state index in [0.29, 0.717) is 12.1 Å². The topological polar surface area (TPSA) is 29.4 Å². The number of hydrogen-bond acceptors (Lipinski definition) is 2. The summed E-state index contributed by atoms with van der Waals surface area (Å²) in [7, 11) is 1.63. The molecule has 0 aliphatic heterocycles. The van der Waals surface area contributed by atoms with Gasteiger partial charge in [-0.2, -0.15) is 0 Å². The average molecular weight is 113 g/mol. The SMILES string of the molecule is CCC(=O)/C(C)=N\C. The van der Waals surface area contributed by atoms with Gasteiger partial charge in [-0.3, -0.25) is 9.79 Å². The highest BCUT2D eigenvalue weighted by atomic mass is 16.1. The zero-order chi connectivity index (χ0) is 6.57. The summed E-state index contributed by atoms with van der Waals surface area (Å²) in [6.07, 6.45) is 0.559. The lowest BCUT2D eigenvalue weighted by molar-refractivity contribution is -0.112. The van der Waals surface area contributed by atoms with E-state index in [1.54, 1.807) is 14.0 Å². The molecule has 0 radical (unpaired) electrons. The first-order valence-corrected chi connectivity index (χ1v) is 2.69. The minimum absolute atomic E-state index is 0.132. The Morgan fingerprint density at radius 1 is 1.62 bits per heavy atom. The Labute approximate surface area is 49.6 Å². The minimum Gasteiger partial charge on any atom is -0.293 e. The van der Waals surface area contributed by atoms with Crippen molar-refractivity contribution in [2.24, 2.45) is 4.99 Å². The van der Waals surface area contributed by atoms with Gasteiger partial charge in [0.25, 0.3) is 0 Å². The average Bonchev–Trinajstić information content (AvgIpc) is 1.84. The van der Waals surface area contributed by atoms with Crippen LogP contribution in [0.3, 0.4) is 0 Å². The molecular formula is C6H11NO. The second-order valence-electron chi connectivity index (χ2n) is 1.59. The summed E-state index contributed by atoms with van der Waals surface area (Å²) in [6.45, 7) is 3.56. The number of aliphatic imine (C=N–C) groups is 1. The molecule has 0 aliphatic rings. The molecule has 2 nitrogen and oxygen atoms in total. The number of ketones is 1. The van der Waals surface area contributed by atoms with E-state index in [4.69, 9.17) is 0 Å². The van der Waals surface area contributed by atoms with Crippen LogP contribution in [0.5, 0.6) is 0 Å². The van der Waals surface area contributed by atoms with Gasteiger partial charge in [0.05, 0.1) is 5.71 Å². The van der Waals surface area contributed by atoms with Crippen LogP contribution >= 0.6 is 0 Å². The molecular weight excluding hydrogens is 102 g/mol. The summed E-state index contributed by atoms with van der Waals surface area (Å²) in [5, 5.41) is 0. The van der Waals surface area contributed by atoms with Crippen molar-refractivity contribution in [1.82, 2.24) is 0 Å². The number of carbonyl (C=O) groups is 1. The van der Waals surface area contributed by atoms with Gasteiger partial charge < -0.3 is 0 Å². The van der Waals surface area contributed by atoms with Crippen molar-refractivity contribution < 1.29 is 4.79 Å². The van der Waals surface area contributed by atoms with Crippen LogP contribution in [0.1, 0.15) is 20.3 Å². The smallest absolute Gasteiger partial charge is 0.175 e. The molecule has 0 atom stereocenters. The first-order chi connectivity index (χ1) is 3.72. The van der Waals surface area contributed by atoms with E-state index < -0.39 is 0 Å². The summed E-state index contributed by atoms with van der Waals surface area (Å²) in [5.41, 5.74) is 0.618. The predicted molar refractivity (Wildman–Crippen MR) is 34.3 cm³/mol. The van der Waals surface area contributed by atoms with Crippen molar-refractivity contribution in [2.75, 3.05) is 7.05 Å².